The van der Waals surface area contributed by atoms with E-state index in [0.717, 1.165) is 36.8 Å². The maximum absolute atomic E-state index is 12.8. The number of aryl methyl sites for hydroxylation is 2. The first kappa shape index (κ1) is 17.0. The number of benzene rings is 1. The van der Waals surface area contributed by atoms with Crippen LogP contribution in [0.15, 0.2) is 18.2 Å². The molecule has 3 rings (SSSR count). The molecule has 0 spiro atoms. The molecule has 24 heavy (non-hydrogen) atoms. The number of amides is 1. The number of piperidine rings is 1. The lowest BCUT2D eigenvalue weighted by Crippen LogP contribution is -2.41. The van der Waals surface area contributed by atoms with Crippen molar-refractivity contribution < 1.29 is 14.6 Å². The van der Waals surface area contributed by atoms with Crippen LogP contribution in [0.2, 0.25) is 0 Å². The Morgan fingerprint density at radius 2 is 2.04 bits per heavy atom. The summed E-state index contributed by atoms with van der Waals surface area (Å²) in [5.41, 5.74) is 4.08. The molecule has 1 aromatic carbocycles. The zero-order chi connectivity index (χ0) is 17.1. The molecular weight excluding hydrogens is 304 g/mol. The lowest BCUT2D eigenvalue weighted by molar-refractivity contribution is 0.00386. The summed E-state index contributed by atoms with van der Waals surface area (Å²) in [6.07, 6.45) is 2.59. The summed E-state index contributed by atoms with van der Waals surface area (Å²) in [6.45, 7) is 6.33. The Bertz CT molecular complexity index is 715. The van der Waals surface area contributed by atoms with Crippen LogP contribution in [0.25, 0.3) is 10.9 Å². The van der Waals surface area contributed by atoms with Crippen molar-refractivity contribution in [2.75, 3.05) is 26.3 Å². The van der Waals surface area contributed by atoms with E-state index >= 15 is 0 Å². The minimum Gasteiger partial charge on any atom is -0.396 e. The molecule has 0 radical (unpaired) electrons. The fourth-order valence-electron chi connectivity index (χ4n) is 3.42. The van der Waals surface area contributed by atoms with E-state index < -0.39 is 0 Å². The maximum Gasteiger partial charge on any atom is 0.270 e. The average Bonchev–Trinajstić information content (AvgIpc) is 2.99. The molecule has 1 amide bonds. The highest BCUT2D eigenvalue weighted by atomic mass is 16.5. The fourth-order valence-corrected chi connectivity index (χ4v) is 3.42. The zero-order valence-corrected chi connectivity index (χ0v) is 14.5. The van der Waals surface area contributed by atoms with E-state index in [1.54, 1.807) is 0 Å². The van der Waals surface area contributed by atoms with Crippen LogP contribution >= 0.6 is 0 Å². The topological polar surface area (TPSA) is 65.6 Å². The molecule has 1 aliphatic heterocycles. The lowest BCUT2D eigenvalue weighted by atomic mass is 10.1. The fraction of sp³-hybridized carbons (Fsp3) is 0.526. The van der Waals surface area contributed by atoms with Crippen LogP contribution in [0.3, 0.4) is 0 Å². The van der Waals surface area contributed by atoms with Crippen LogP contribution in [0.5, 0.6) is 0 Å². The molecule has 1 saturated heterocycles. The van der Waals surface area contributed by atoms with Gasteiger partial charge in [-0.15, -0.1) is 0 Å². The average molecular weight is 330 g/mol. The van der Waals surface area contributed by atoms with Gasteiger partial charge in [0.2, 0.25) is 0 Å². The van der Waals surface area contributed by atoms with Gasteiger partial charge in [-0.05, 0) is 56.4 Å². The van der Waals surface area contributed by atoms with Crippen LogP contribution in [-0.2, 0) is 4.74 Å². The van der Waals surface area contributed by atoms with Crippen LogP contribution in [0.1, 0.15) is 40.9 Å². The number of likely N-dealkylation sites (tertiary alicyclic amines) is 1. The van der Waals surface area contributed by atoms with E-state index in [9.17, 15) is 4.79 Å². The number of aromatic amines is 1. The number of carbonyl (C=O) groups is 1. The Hall–Kier alpha value is -1.85. The van der Waals surface area contributed by atoms with Crippen LogP contribution < -0.4 is 0 Å². The molecule has 0 bridgehead atoms. The van der Waals surface area contributed by atoms with E-state index in [0.29, 0.717) is 18.7 Å². The molecule has 2 aromatic rings. The molecule has 1 aromatic heterocycles. The van der Waals surface area contributed by atoms with Crippen LogP contribution in [-0.4, -0.2) is 53.3 Å². The third kappa shape index (κ3) is 3.62. The Balaban J connectivity index is 1.64. The third-order valence-electron chi connectivity index (χ3n) is 4.70. The molecule has 0 unspecified atom stereocenters. The smallest absolute Gasteiger partial charge is 0.270 e. The molecule has 1 fully saturated rings. The maximum atomic E-state index is 12.8. The van der Waals surface area contributed by atoms with Gasteiger partial charge >= 0.3 is 0 Å². The summed E-state index contributed by atoms with van der Waals surface area (Å²) in [4.78, 5) is 17.9. The molecule has 0 atom stereocenters. The van der Waals surface area contributed by atoms with Gasteiger partial charge in [0.05, 0.1) is 6.10 Å². The number of ether oxygens (including phenoxy) is 1. The van der Waals surface area contributed by atoms with Crippen molar-refractivity contribution in [3.8, 4) is 0 Å². The molecule has 1 aliphatic rings. The van der Waals surface area contributed by atoms with E-state index in [-0.39, 0.29) is 18.6 Å². The molecule has 5 heteroatoms. The van der Waals surface area contributed by atoms with Gasteiger partial charge < -0.3 is 19.7 Å². The minimum absolute atomic E-state index is 0.0667. The standard InChI is InChI=1S/C19H26N2O3/c1-13-10-14(2)16-12-18(20-17(16)11-13)19(23)21-6-4-15(5-7-21)24-9-3-8-22/h10-12,15,20,22H,3-9H2,1-2H3. The van der Waals surface area contributed by atoms with Gasteiger partial charge in [-0.3, -0.25) is 4.79 Å². The van der Waals surface area contributed by atoms with Crippen molar-refractivity contribution >= 4 is 16.8 Å². The number of nitrogens with zero attached hydrogens (tertiary/aromatic N) is 1. The van der Waals surface area contributed by atoms with Gasteiger partial charge in [0.25, 0.3) is 5.91 Å². The number of carbonyl (C=O) groups excluding carboxylic acids is 1. The number of aliphatic hydroxyl groups is 1. The van der Waals surface area contributed by atoms with Gasteiger partial charge in [0.1, 0.15) is 5.69 Å². The number of H-pyrrole nitrogens is 1. The molecule has 5 nitrogen and oxygen atoms in total. The number of aromatic nitrogens is 1. The number of fused-ring (bicyclic) bond motifs is 1. The van der Waals surface area contributed by atoms with Gasteiger partial charge in [0, 0.05) is 37.2 Å². The van der Waals surface area contributed by atoms with E-state index in [1.165, 1.54) is 11.1 Å². The summed E-state index contributed by atoms with van der Waals surface area (Å²) >= 11 is 0. The first-order valence-electron chi connectivity index (χ1n) is 8.70. The summed E-state index contributed by atoms with van der Waals surface area (Å²) < 4.78 is 5.73. The number of aliphatic hydroxyl groups excluding tert-OH is 1. The Kier molecular flexibility index (Phi) is 5.21. The number of hydrogen-bond donors (Lipinski definition) is 2. The quantitative estimate of drug-likeness (QED) is 0.829. The highest BCUT2D eigenvalue weighted by Gasteiger charge is 2.25. The monoisotopic (exact) mass is 330 g/mol. The molecule has 0 aliphatic carbocycles. The number of nitrogens with one attached hydrogen (secondary N) is 1. The first-order valence-corrected chi connectivity index (χ1v) is 8.70. The van der Waals surface area contributed by atoms with Gasteiger partial charge in [-0.25, -0.2) is 0 Å². The first-order chi connectivity index (χ1) is 11.6. The van der Waals surface area contributed by atoms with Gasteiger partial charge in [-0.2, -0.15) is 0 Å². The highest BCUT2D eigenvalue weighted by Crippen LogP contribution is 2.23. The van der Waals surface area contributed by atoms with Crippen molar-refractivity contribution in [1.29, 1.82) is 0 Å². The van der Waals surface area contributed by atoms with Gasteiger partial charge in [-0.1, -0.05) is 6.07 Å². The van der Waals surface area contributed by atoms with Crippen molar-refractivity contribution in [2.24, 2.45) is 0 Å². The molecule has 2 N–H and O–H groups in total. The SMILES string of the molecule is Cc1cc(C)c2cc(C(=O)N3CCC(OCCCO)CC3)[nH]c2c1. The van der Waals surface area contributed by atoms with Crippen molar-refractivity contribution in [1.82, 2.24) is 9.88 Å². The van der Waals surface area contributed by atoms with E-state index in [1.807, 2.05) is 11.0 Å². The number of hydrogen-bond acceptors (Lipinski definition) is 3. The van der Waals surface area contributed by atoms with Crippen LogP contribution in [0.4, 0.5) is 0 Å². The van der Waals surface area contributed by atoms with Crippen molar-refractivity contribution in [3.63, 3.8) is 0 Å². The lowest BCUT2D eigenvalue weighted by Gasteiger charge is -2.31. The third-order valence-corrected chi connectivity index (χ3v) is 4.70. The minimum atomic E-state index is 0.0667. The van der Waals surface area contributed by atoms with E-state index in [4.69, 9.17) is 9.84 Å². The predicted molar refractivity (Wildman–Crippen MR) is 94.4 cm³/mol. The highest BCUT2D eigenvalue weighted by molar-refractivity contribution is 5.99. The molecule has 0 saturated carbocycles. The summed E-state index contributed by atoms with van der Waals surface area (Å²) in [5, 5.41) is 9.91. The predicted octanol–water partition coefficient (Wildman–Crippen LogP) is 2.79. The Morgan fingerprint density at radius 1 is 1.29 bits per heavy atom. The second-order valence-electron chi connectivity index (χ2n) is 6.67. The summed E-state index contributed by atoms with van der Waals surface area (Å²) in [7, 11) is 0. The summed E-state index contributed by atoms with van der Waals surface area (Å²) in [5.74, 6) is 0.0667. The molecular formula is C19H26N2O3. The van der Waals surface area contributed by atoms with Crippen LogP contribution in [0, 0.1) is 13.8 Å². The number of rotatable bonds is 5. The molecule has 130 valence electrons. The largest absolute Gasteiger partial charge is 0.396 e. The molecule has 2 heterocycles. The second kappa shape index (κ2) is 7.36. The van der Waals surface area contributed by atoms with Crippen molar-refractivity contribution in [2.45, 2.75) is 39.2 Å². The van der Waals surface area contributed by atoms with E-state index in [2.05, 4.69) is 31.0 Å². The van der Waals surface area contributed by atoms with Gasteiger partial charge in [0.15, 0.2) is 0 Å². The van der Waals surface area contributed by atoms with Crippen molar-refractivity contribution in [3.05, 3.63) is 35.0 Å². The normalized spacial score (nSPS) is 16.0. The Morgan fingerprint density at radius 3 is 2.75 bits per heavy atom. The zero-order valence-electron chi connectivity index (χ0n) is 14.5. The second-order valence-corrected chi connectivity index (χ2v) is 6.67. The summed E-state index contributed by atoms with van der Waals surface area (Å²) in [6, 6.07) is 6.19. The Labute approximate surface area is 142 Å².